The number of piperidine rings is 1. The van der Waals surface area contributed by atoms with Crippen LogP contribution in [0.2, 0.25) is 0 Å². The second kappa shape index (κ2) is 13.1. The highest BCUT2D eigenvalue weighted by Gasteiger charge is 2.38. The Morgan fingerprint density at radius 1 is 1.00 bits per heavy atom. The van der Waals surface area contributed by atoms with Gasteiger partial charge in [0.1, 0.15) is 0 Å². The molecule has 0 radical (unpaired) electrons. The number of nitro groups is 1. The lowest BCUT2D eigenvalue weighted by Crippen LogP contribution is -2.44. The lowest BCUT2D eigenvalue weighted by atomic mass is 9.68. The highest BCUT2D eigenvalue weighted by molar-refractivity contribution is 5.58. The third-order valence-electron chi connectivity index (χ3n) is 9.08. The average Bonchev–Trinajstić information content (AvgIpc) is 3.05. The SMILES string of the molecule is CC1=C(C#N)C(c2ccc([N+](=O)[O-])cc2)C(N(C=O)CCCN2CCC(c3ccccc3)(c3ccccc3)CC2)=CN1C. The number of amides is 1. The van der Waals surface area contributed by atoms with Crippen molar-refractivity contribution in [3.63, 3.8) is 0 Å². The highest BCUT2D eigenvalue weighted by Crippen LogP contribution is 2.42. The van der Waals surface area contributed by atoms with Crippen molar-refractivity contribution in [3.05, 3.63) is 135 Å². The van der Waals surface area contributed by atoms with Crippen molar-refractivity contribution in [2.24, 2.45) is 0 Å². The number of nitriles is 1. The van der Waals surface area contributed by atoms with Gasteiger partial charge in [0.2, 0.25) is 6.41 Å². The molecule has 0 N–H and O–H groups in total. The Morgan fingerprint density at radius 3 is 2.09 bits per heavy atom. The summed E-state index contributed by atoms with van der Waals surface area (Å²) in [4.78, 5) is 29.3. The van der Waals surface area contributed by atoms with E-state index in [0.29, 0.717) is 17.8 Å². The molecule has 0 spiro atoms. The summed E-state index contributed by atoms with van der Waals surface area (Å²) in [5.41, 5.74) is 5.43. The average molecular weight is 576 g/mol. The van der Waals surface area contributed by atoms with Crippen molar-refractivity contribution in [2.75, 3.05) is 33.2 Å². The molecule has 0 saturated carbocycles. The lowest BCUT2D eigenvalue weighted by molar-refractivity contribution is -0.384. The number of benzene rings is 3. The minimum absolute atomic E-state index is 0.0127. The largest absolute Gasteiger partial charge is 0.352 e. The molecule has 3 aromatic rings. The number of nitro benzene ring substituents is 1. The first-order chi connectivity index (χ1) is 20.9. The molecule has 8 nitrogen and oxygen atoms in total. The summed E-state index contributed by atoms with van der Waals surface area (Å²) in [5.74, 6) is -0.487. The van der Waals surface area contributed by atoms with E-state index in [0.717, 1.165) is 56.6 Å². The van der Waals surface area contributed by atoms with E-state index in [4.69, 9.17) is 0 Å². The zero-order valence-electron chi connectivity index (χ0n) is 24.7. The fraction of sp³-hybridized carbons (Fsp3) is 0.314. The van der Waals surface area contributed by atoms with E-state index in [1.165, 1.54) is 23.3 Å². The summed E-state index contributed by atoms with van der Waals surface area (Å²) < 4.78 is 0. The summed E-state index contributed by atoms with van der Waals surface area (Å²) in [5, 5.41) is 21.3. The number of likely N-dealkylation sites (tertiary alicyclic amines) is 1. The predicted molar refractivity (Wildman–Crippen MR) is 167 cm³/mol. The molecule has 1 unspecified atom stereocenters. The summed E-state index contributed by atoms with van der Waals surface area (Å²) >= 11 is 0. The topological polar surface area (TPSA) is 93.7 Å². The van der Waals surface area contributed by atoms with Crippen LogP contribution in [0.1, 0.15) is 48.8 Å². The number of allylic oxidation sites excluding steroid dienone is 2. The van der Waals surface area contributed by atoms with Crippen molar-refractivity contribution in [1.29, 1.82) is 5.26 Å². The lowest BCUT2D eigenvalue weighted by Gasteiger charge is -2.43. The van der Waals surface area contributed by atoms with Gasteiger partial charge < -0.3 is 14.7 Å². The van der Waals surface area contributed by atoms with Gasteiger partial charge in [-0.25, -0.2) is 0 Å². The predicted octanol–water partition coefficient (Wildman–Crippen LogP) is 6.19. The summed E-state index contributed by atoms with van der Waals surface area (Å²) in [6.45, 7) is 5.15. The first-order valence-electron chi connectivity index (χ1n) is 14.7. The molecular formula is C35H37N5O3. The van der Waals surface area contributed by atoms with E-state index >= 15 is 0 Å². The molecule has 1 amide bonds. The Labute approximate surface area is 253 Å². The molecule has 0 aromatic heterocycles. The number of non-ortho nitro benzene ring substituents is 1. The number of carbonyl (C=O) groups excluding carboxylic acids is 1. The molecule has 2 aliphatic rings. The number of hydrogen-bond donors (Lipinski definition) is 0. The van der Waals surface area contributed by atoms with Crippen LogP contribution >= 0.6 is 0 Å². The molecular weight excluding hydrogens is 538 g/mol. The Hall–Kier alpha value is -4.74. The number of carbonyl (C=O) groups is 1. The molecule has 0 bridgehead atoms. The van der Waals surface area contributed by atoms with Crippen LogP contribution in [0.5, 0.6) is 0 Å². The quantitative estimate of drug-likeness (QED) is 0.163. The first kappa shape index (κ1) is 29.7. The Balaban J connectivity index is 1.28. The van der Waals surface area contributed by atoms with Crippen molar-refractivity contribution in [2.45, 2.75) is 37.5 Å². The van der Waals surface area contributed by atoms with Crippen LogP contribution in [0.25, 0.3) is 0 Å². The van der Waals surface area contributed by atoms with Gasteiger partial charge in [0.05, 0.1) is 22.5 Å². The fourth-order valence-corrected chi connectivity index (χ4v) is 6.55. The molecule has 0 aliphatic carbocycles. The van der Waals surface area contributed by atoms with Gasteiger partial charge in [-0.15, -0.1) is 0 Å². The highest BCUT2D eigenvalue weighted by atomic mass is 16.6. The molecule has 2 heterocycles. The maximum absolute atomic E-state index is 12.5. The van der Waals surface area contributed by atoms with Crippen molar-refractivity contribution < 1.29 is 9.72 Å². The Kier molecular flexibility index (Phi) is 9.03. The number of nitrogens with zero attached hydrogens (tertiary/aromatic N) is 5. The van der Waals surface area contributed by atoms with Gasteiger partial charge in [0, 0.05) is 48.7 Å². The number of hydrogen-bond acceptors (Lipinski definition) is 6. The molecule has 1 saturated heterocycles. The smallest absolute Gasteiger partial charge is 0.269 e. The molecule has 2 aliphatic heterocycles. The maximum Gasteiger partial charge on any atom is 0.269 e. The summed E-state index contributed by atoms with van der Waals surface area (Å²) in [6.07, 6.45) is 5.55. The zero-order chi connectivity index (χ0) is 30.4. The van der Waals surface area contributed by atoms with Gasteiger partial charge in [-0.2, -0.15) is 5.26 Å². The van der Waals surface area contributed by atoms with Crippen LogP contribution < -0.4 is 0 Å². The van der Waals surface area contributed by atoms with Crippen LogP contribution in [0.4, 0.5) is 5.69 Å². The first-order valence-corrected chi connectivity index (χ1v) is 14.7. The summed E-state index contributed by atoms with van der Waals surface area (Å²) in [6, 6.07) is 30.2. The van der Waals surface area contributed by atoms with Crippen LogP contribution in [0, 0.1) is 21.4 Å². The molecule has 1 atom stereocenters. The fourth-order valence-electron chi connectivity index (χ4n) is 6.55. The van der Waals surface area contributed by atoms with E-state index in [-0.39, 0.29) is 11.1 Å². The van der Waals surface area contributed by atoms with Crippen LogP contribution in [0.3, 0.4) is 0 Å². The number of rotatable bonds is 10. The van der Waals surface area contributed by atoms with E-state index in [1.807, 2.05) is 25.1 Å². The minimum Gasteiger partial charge on any atom is -0.352 e. The molecule has 5 rings (SSSR count). The normalized spacial score (nSPS) is 18.5. The van der Waals surface area contributed by atoms with Gasteiger partial charge in [-0.3, -0.25) is 14.9 Å². The second-order valence-electron chi connectivity index (χ2n) is 11.4. The third kappa shape index (κ3) is 6.08. The van der Waals surface area contributed by atoms with E-state index in [1.54, 1.807) is 17.0 Å². The molecule has 1 fully saturated rings. The van der Waals surface area contributed by atoms with Crippen LogP contribution in [-0.2, 0) is 10.2 Å². The van der Waals surface area contributed by atoms with Gasteiger partial charge >= 0.3 is 0 Å². The zero-order valence-corrected chi connectivity index (χ0v) is 24.7. The summed E-state index contributed by atoms with van der Waals surface area (Å²) in [7, 11) is 1.86. The van der Waals surface area contributed by atoms with Crippen LogP contribution in [-0.4, -0.2) is 59.3 Å². The Bertz CT molecular complexity index is 1490. The van der Waals surface area contributed by atoms with Gasteiger partial charge in [-0.1, -0.05) is 72.8 Å². The van der Waals surface area contributed by atoms with Crippen molar-refractivity contribution >= 4 is 12.1 Å². The monoisotopic (exact) mass is 575 g/mol. The van der Waals surface area contributed by atoms with E-state index in [2.05, 4.69) is 71.6 Å². The van der Waals surface area contributed by atoms with Gasteiger partial charge in [0.15, 0.2) is 0 Å². The standard InChI is InChI=1S/C35H37N5O3/c1-27-32(24-36)34(28-14-16-31(17-15-28)40(42)43)33(25-37(27)2)39(26-41)21-9-20-38-22-18-35(19-23-38,29-10-5-3-6-11-29)30-12-7-4-8-13-30/h3-8,10-17,25-26,34H,9,18-23H2,1-2H3. The van der Waals surface area contributed by atoms with Gasteiger partial charge in [-0.05, 0) is 62.5 Å². The van der Waals surface area contributed by atoms with E-state index in [9.17, 15) is 20.2 Å². The van der Waals surface area contributed by atoms with Crippen LogP contribution in [0.15, 0.2) is 108 Å². The minimum atomic E-state index is -0.487. The Morgan fingerprint density at radius 2 is 1.58 bits per heavy atom. The van der Waals surface area contributed by atoms with Crippen molar-refractivity contribution in [1.82, 2.24) is 14.7 Å². The molecule has 8 heteroatoms. The molecule has 220 valence electrons. The van der Waals surface area contributed by atoms with Crippen molar-refractivity contribution in [3.8, 4) is 6.07 Å². The maximum atomic E-state index is 12.5. The third-order valence-corrected chi connectivity index (χ3v) is 9.08. The van der Waals surface area contributed by atoms with Gasteiger partial charge in [0.25, 0.3) is 5.69 Å². The van der Waals surface area contributed by atoms with E-state index < -0.39 is 10.8 Å². The second-order valence-corrected chi connectivity index (χ2v) is 11.4. The molecule has 43 heavy (non-hydrogen) atoms. The molecule has 3 aromatic carbocycles.